The normalized spacial score (nSPS) is 12.8. The minimum absolute atomic E-state index is 0.322. The average Bonchev–Trinajstić information content (AvgIpc) is 2.88. The van der Waals surface area contributed by atoms with Gasteiger partial charge in [0, 0.05) is 12.0 Å². The number of halogens is 1. The van der Waals surface area contributed by atoms with E-state index in [0.29, 0.717) is 13.0 Å². The molecule has 0 amide bonds. The van der Waals surface area contributed by atoms with Crippen molar-refractivity contribution < 1.29 is 19.3 Å². The molecule has 4 nitrogen and oxygen atoms in total. The molecule has 0 aliphatic carbocycles. The van der Waals surface area contributed by atoms with Crippen molar-refractivity contribution in [3.05, 3.63) is 119 Å². The quantitative estimate of drug-likeness (QED) is 0.276. The van der Waals surface area contributed by atoms with Gasteiger partial charge < -0.3 is 19.3 Å². The first-order valence-electron chi connectivity index (χ1n) is 10.7. The molecule has 3 rings (SSSR count). The smallest absolute Gasteiger partial charge is 0.143 e. The Labute approximate surface area is 200 Å². The molecule has 0 spiro atoms. The second-order valence-corrected chi connectivity index (χ2v) is 7.66. The molecule has 1 atom stereocenters. The van der Waals surface area contributed by atoms with E-state index in [9.17, 15) is 5.11 Å². The molecule has 0 saturated heterocycles. The Morgan fingerprint density at radius 1 is 0.788 bits per heavy atom. The van der Waals surface area contributed by atoms with Crippen molar-refractivity contribution in [2.45, 2.75) is 18.1 Å². The molecule has 33 heavy (non-hydrogen) atoms. The fourth-order valence-electron chi connectivity index (χ4n) is 3.74. The van der Waals surface area contributed by atoms with Crippen molar-refractivity contribution in [3.8, 4) is 11.5 Å². The standard InChI is InChI=1S/C28H29ClO4/c1-31-26-15-11-23(12-16-26)28(22-8-4-3-5-9-22,24-13-17-27(32-2)18-14-24)33-21-19-25(30)10-6-7-20-29/h3-18,20,25,30H,19,21H2,1-2H3. The zero-order chi connectivity index (χ0) is 23.5. The zero-order valence-corrected chi connectivity index (χ0v) is 19.6. The molecule has 0 aliphatic heterocycles. The lowest BCUT2D eigenvalue weighted by molar-refractivity contribution is -0.000100. The van der Waals surface area contributed by atoms with Gasteiger partial charge in [-0.05, 0) is 41.0 Å². The Balaban J connectivity index is 2.06. The summed E-state index contributed by atoms with van der Waals surface area (Å²) in [7, 11) is 3.29. The highest BCUT2D eigenvalue weighted by Gasteiger charge is 2.37. The monoisotopic (exact) mass is 464 g/mol. The molecule has 1 unspecified atom stereocenters. The molecule has 0 radical (unpaired) electrons. The van der Waals surface area contributed by atoms with Gasteiger partial charge in [-0.25, -0.2) is 0 Å². The molecule has 0 aliphatic rings. The first-order valence-corrected chi connectivity index (χ1v) is 11.2. The molecule has 1 N–H and O–H groups in total. The molecule has 5 heteroatoms. The lowest BCUT2D eigenvalue weighted by Crippen LogP contribution is -2.34. The van der Waals surface area contributed by atoms with Crippen LogP contribution in [0.4, 0.5) is 0 Å². The highest BCUT2D eigenvalue weighted by Crippen LogP contribution is 2.41. The number of hydrogen-bond acceptors (Lipinski definition) is 4. The summed E-state index contributed by atoms with van der Waals surface area (Å²) in [6.07, 6.45) is 4.84. The van der Waals surface area contributed by atoms with Crippen molar-refractivity contribution in [1.29, 1.82) is 0 Å². The summed E-state index contributed by atoms with van der Waals surface area (Å²) in [6.45, 7) is 0.322. The van der Waals surface area contributed by atoms with Gasteiger partial charge in [0.05, 0.1) is 26.9 Å². The van der Waals surface area contributed by atoms with Gasteiger partial charge in [0.15, 0.2) is 0 Å². The molecular formula is C28H29ClO4. The first-order chi connectivity index (χ1) is 16.1. The maximum absolute atomic E-state index is 10.3. The number of ether oxygens (including phenoxy) is 3. The Kier molecular flexibility index (Phi) is 9.14. The van der Waals surface area contributed by atoms with E-state index in [0.717, 1.165) is 28.2 Å². The molecule has 3 aromatic carbocycles. The van der Waals surface area contributed by atoms with E-state index in [2.05, 4.69) is 12.1 Å². The van der Waals surface area contributed by atoms with Crippen LogP contribution in [0.3, 0.4) is 0 Å². The van der Waals surface area contributed by atoms with E-state index >= 15 is 0 Å². The van der Waals surface area contributed by atoms with E-state index in [1.807, 2.05) is 66.7 Å². The third-order valence-corrected chi connectivity index (χ3v) is 5.57. The van der Waals surface area contributed by atoms with Crippen LogP contribution in [0.1, 0.15) is 23.1 Å². The summed E-state index contributed by atoms with van der Waals surface area (Å²) in [6, 6.07) is 25.8. The minimum Gasteiger partial charge on any atom is -0.497 e. The molecular weight excluding hydrogens is 436 g/mol. The van der Waals surface area contributed by atoms with Crippen LogP contribution in [0.25, 0.3) is 0 Å². The van der Waals surface area contributed by atoms with Gasteiger partial charge in [0.25, 0.3) is 0 Å². The van der Waals surface area contributed by atoms with E-state index in [1.54, 1.807) is 32.4 Å². The van der Waals surface area contributed by atoms with Crippen LogP contribution in [-0.2, 0) is 10.3 Å². The third-order valence-electron chi connectivity index (χ3n) is 5.42. The Bertz CT molecular complexity index is 980. The lowest BCUT2D eigenvalue weighted by Gasteiger charge is -2.36. The van der Waals surface area contributed by atoms with Crippen LogP contribution in [0.5, 0.6) is 11.5 Å². The van der Waals surface area contributed by atoms with Gasteiger partial charge in [-0.15, -0.1) is 0 Å². The van der Waals surface area contributed by atoms with E-state index in [-0.39, 0.29) is 0 Å². The zero-order valence-electron chi connectivity index (χ0n) is 18.9. The highest BCUT2D eigenvalue weighted by molar-refractivity contribution is 6.25. The van der Waals surface area contributed by atoms with E-state index in [4.69, 9.17) is 25.8 Å². The summed E-state index contributed by atoms with van der Waals surface area (Å²) in [5, 5.41) is 10.3. The molecule has 0 aromatic heterocycles. The third kappa shape index (κ3) is 6.05. The number of benzene rings is 3. The number of aliphatic hydroxyl groups is 1. The number of rotatable bonds is 11. The predicted molar refractivity (Wildman–Crippen MR) is 133 cm³/mol. The fourth-order valence-corrected chi connectivity index (χ4v) is 3.82. The topological polar surface area (TPSA) is 47.9 Å². The van der Waals surface area contributed by atoms with Crippen LogP contribution in [0.15, 0.2) is 103 Å². The van der Waals surface area contributed by atoms with Crippen LogP contribution in [0, 0.1) is 0 Å². The van der Waals surface area contributed by atoms with Gasteiger partial charge in [-0.3, -0.25) is 0 Å². The summed E-state index contributed by atoms with van der Waals surface area (Å²) in [5.41, 5.74) is 3.40. The van der Waals surface area contributed by atoms with Gasteiger partial charge in [0.1, 0.15) is 17.1 Å². The molecule has 0 bridgehead atoms. The summed E-state index contributed by atoms with van der Waals surface area (Å²) >= 11 is 5.54. The maximum Gasteiger partial charge on any atom is 0.143 e. The highest BCUT2D eigenvalue weighted by atomic mass is 35.5. The van der Waals surface area contributed by atoms with Crippen molar-refractivity contribution in [3.63, 3.8) is 0 Å². The Morgan fingerprint density at radius 2 is 1.30 bits per heavy atom. The number of methoxy groups -OCH3 is 2. The second-order valence-electron chi connectivity index (χ2n) is 7.41. The molecule has 0 heterocycles. The van der Waals surface area contributed by atoms with Crippen LogP contribution in [0.2, 0.25) is 0 Å². The first kappa shape index (κ1) is 24.6. The summed E-state index contributed by atoms with van der Waals surface area (Å²) in [5.74, 6) is 1.53. The van der Waals surface area contributed by atoms with Gasteiger partial charge >= 0.3 is 0 Å². The van der Waals surface area contributed by atoms with Crippen molar-refractivity contribution in [2.75, 3.05) is 20.8 Å². The molecule has 3 aromatic rings. The largest absolute Gasteiger partial charge is 0.497 e. The molecule has 0 saturated carbocycles. The Hall–Kier alpha value is -3.05. The second kappa shape index (κ2) is 12.3. The van der Waals surface area contributed by atoms with Gasteiger partial charge in [-0.1, -0.05) is 84.4 Å². The van der Waals surface area contributed by atoms with E-state index in [1.165, 1.54) is 5.54 Å². The minimum atomic E-state index is -0.890. The number of allylic oxidation sites excluding steroid dienone is 2. The fraction of sp³-hybridized carbons (Fsp3) is 0.214. The maximum atomic E-state index is 10.3. The van der Waals surface area contributed by atoms with Crippen LogP contribution in [-0.4, -0.2) is 32.0 Å². The summed E-state index contributed by atoms with van der Waals surface area (Å²) < 4.78 is 17.4. The molecule has 172 valence electrons. The molecule has 0 fully saturated rings. The van der Waals surface area contributed by atoms with Gasteiger partial charge in [0.2, 0.25) is 0 Å². The van der Waals surface area contributed by atoms with Gasteiger partial charge in [-0.2, -0.15) is 0 Å². The summed E-state index contributed by atoms with van der Waals surface area (Å²) in [4.78, 5) is 0. The number of hydrogen-bond donors (Lipinski definition) is 1. The SMILES string of the molecule is COc1ccc(C(OCCC(O)C=CC=CCl)(c2ccccc2)c2ccc(OC)cc2)cc1. The van der Waals surface area contributed by atoms with Crippen molar-refractivity contribution in [1.82, 2.24) is 0 Å². The average molecular weight is 465 g/mol. The van der Waals surface area contributed by atoms with Crippen LogP contribution < -0.4 is 9.47 Å². The lowest BCUT2D eigenvalue weighted by atomic mass is 9.80. The predicted octanol–water partition coefficient (Wildman–Crippen LogP) is 6.07. The van der Waals surface area contributed by atoms with Crippen LogP contribution >= 0.6 is 11.6 Å². The van der Waals surface area contributed by atoms with Crippen molar-refractivity contribution >= 4 is 11.6 Å². The Morgan fingerprint density at radius 3 is 1.79 bits per heavy atom. The number of aliphatic hydroxyl groups excluding tert-OH is 1. The van der Waals surface area contributed by atoms with E-state index < -0.39 is 11.7 Å². The van der Waals surface area contributed by atoms with Crippen molar-refractivity contribution in [2.24, 2.45) is 0 Å².